The van der Waals surface area contributed by atoms with Crippen molar-refractivity contribution in [2.24, 2.45) is 4.99 Å². The number of nitrogens with one attached hydrogen (secondary N) is 2. The van der Waals surface area contributed by atoms with E-state index in [-0.39, 0.29) is 28.8 Å². The molecule has 9 heteroatoms. The summed E-state index contributed by atoms with van der Waals surface area (Å²) in [5, 5.41) is 10.1. The molecule has 37 heavy (non-hydrogen) atoms. The van der Waals surface area contributed by atoms with Gasteiger partial charge in [-0.05, 0) is 25.1 Å². The topological polar surface area (TPSA) is 97.6 Å². The molecule has 3 aromatic carbocycles. The van der Waals surface area contributed by atoms with E-state index in [4.69, 9.17) is 4.74 Å². The van der Waals surface area contributed by atoms with Crippen LogP contribution in [0.15, 0.2) is 83.9 Å². The number of rotatable bonds is 4. The van der Waals surface area contributed by atoms with Crippen LogP contribution >= 0.6 is 0 Å². The Kier molecular flexibility index (Phi) is 5.52. The second-order valence-electron chi connectivity index (χ2n) is 8.87. The molecule has 184 valence electrons. The van der Waals surface area contributed by atoms with Crippen molar-refractivity contribution in [3.05, 3.63) is 101 Å². The molecule has 0 saturated heterocycles. The number of halogens is 1. The van der Waals surface area contributed by atoms with Crippen molar-refractivity contribution in [2.75, 3.05) is 5.32 Å². The number of aromatic nitrogens is 2. The Morgan fingerprint density at radius 3 is 2.51 bits per heavy atom. The molecule has 4 aromatic rings. The van der Waals surface area contributed by atoms with Gasteiger partial charge < -0.3 is 15.4 Å². The Morgan fingerprint density at radius 1 is 1.03 bits per heavy atom. The van der Waals surface area contributed by atoms with Gasteiger partial charge in [0.1, 0.15) is 23.2 Å². The number of carbonyl (C=O) groups is 2. The van der Waals surface area contributed by atoms with E-state index in [1.807, 2.05) is 55.5 Å². The predicted molar refractivity (Wildman–Crippen MR) is 136 cm³/mol. The molecule has 0 spiro atoms. The van der Waals surface area contributed by atoms with E-state index in [1.54, 1.807) is 28.9 Å². The number of benzene rings is 3. The highest BCUT2D eigenvalue weighted by atomic mass is 19.1. The van der Waals surface area contributed by atoms with Gasteiger partial charge in [-0.15, -0.1) is 0 Å². The van der Waals surface area contributed by atoms with Crippen LogP contribution in [0.3, 0.4) is 0 Å². The fraction of sp³-hybridized carbons (Fsp3) is 0.143. The van der Waals surface area contributed by atoms with Gasteiger partial charge >= 0.3 is 0 Å². The van der Waals surface area contributed by atoms with Gasteiger partial charge in [0.05, 0.1) is 17.9 Å². The molecule has 0 saturated carbocycles. The first-order chi connectivity index (χ1) is 18.0. The van der Waals surface area contributed by atoms with Crippen LogP contribution in [0.2, 0.25) is 0 Å². The number of benzodiazepines with no additional fused rings is 1. The first kappa shape index (κ1) is 22.7. The molecule has 1 aromatic heterocycles. The van der Waals surface area contributed by atoms with Gasteiger partial charge in [0, 0.05) is 16.7 Å². The second-order valence-corrected chi connectivity index (χ2v) is 8.87. The van der Waals surface area contributed by atoms with Crippen LogP contribution in [0.1, 0.15) is 28.4 Å². The number of nitrogens with zero attached hydrogens (tertiary/aromatic N) is 3. The maximum absolute atomic E-state index is 14.7. The molecule has 8 nitrogen and oxygen atoms in total. The van der Waals surface area contributed by atoms with Crippen LogP contribution in [0.5, 0.6) is 5.88 Å². The van der Waals surface area contributed by atoms with E-state index in [9.17, 15) is 14.0 Å². The van der Waals surface area contributed by atoms with Gasteiger partial charge in [0.2, 0.25) is 12.0 Å². The Morgan fingerprint density at radius 2 is 1.73 bits per heavy atom. The molecule has 2 amide bonds. The van der Waals surface area contributed by atoms with Crippen molar-refractivity contribution >= 4 is 23.2 Å². The molecule has 0 fully saturated rings. The number of aliphatic imine (C=N–C) groups is 1. The van der Waals surface area contributed by atoms with Crippen LogP contribution in [0, 0.1) is 5.82 Å². The number of hydrogen-bond donors (Lipinski definition) is 2. The first-order valence-electron chi connectivity index (χ1n) is 11.9. The fourth-order valence-electron chi connectivity index (χ4n) is 4.58. The lowest BCUT2D eigenvalue weighted by molar-refractivity contribution is -0.117. The van der Waals surface area contributed by atoms with Crippen LogP contribution in [0.4, 0.5) is 10.1 Å². The maximum Gasteiger partial charge on any atom is 0.269 e. The SMILES string of the molecule is C[C@@H]1Cn2nc(-c3ccccc3F)c(C(=O)N[C@H]3N=C(c4ccccc4)c4ccccc4NC3=O)c2O1. The molecular formula is C28H22FN5O3. The van der Waals surface area contributed by atoms with E-state index in [0.29, 0.717) is 17.9 Å². The molecule has 2 atom stereocenters. The standard InChI is InChI=1S/C28H22FN5O3/c1-16-15-34-28(37-16)22(24(33-34)18-11-5-7-13-20(18)29)26(35)32-25-27(36)30-21-14-8-6-12-19(21)23(31-25)17-9-3-2-4-10-17/h2-14,16,25H,15H2,1H3,(H,30,36)(H,32,35)/t16-,25-/m1/s1. The van der Waals surface area contributed by atoms with Gasteiger partial charge in [-0.3, -0.25) is 9.59 Å². The average molecular weight is 496 g/mol. The van der Waals surface area contributed by atoms with Crippen molar-refractivity contribution < 1.29 is 18.7 Å². The number of anilines is 1. The molecule has 0 aliphatic carbocycles. The molecule has 2 aliphatic heterocycles. The smallest absolute Gasteiger partial charge is 0.269 e. The van der Waals surface area contributed by atoms with Crippen molar-refractivity contribution in [3.63, 3.8) is 0 Å². The minimum atomic E-state index is -1.25. The zero-order chi connectivity index (χ0) is 25.5. The van der Waals surface area contributed by atoms with Crippen molar-refractivity contribution in [1.29, 1.82) is 0 Å². The third kappa shape index (κ3) is 4.04. The third-order valence-electron chi connectivity index (χ3n) is 6.27. The normalized spacial score (nSPS) is 18.1. The minimum absolute atomic E-state index is 0.0560. The molecule has 2 N–H and O–H groups in total. The molecule has 6 rings (SSSR count). The van der Waals surface area contributed by atoms with Gasteiger partial charge in [-0.25, -0.2) is 14.1 Å². The maximum atomic E-state index is 14.7. The zero-order valence-electron chi connectivity index (χ0n) is 19.8. The van der Waals surface area contributed by atoms with E-state index >= 15 is 0 Å². The second kappa shape index (κ2) is 9.02. The Balaban J connectivity index is 1.42. The van der Waals surface area contributed by atoms with E-state index in [1.165, 1.54) is 6.07 Å². The zero-order valence-corrected chi connectivity index (χ0v) is 19.8. The van der Waals surface area contributed by atoms with Crippen LogP contribution in [0.25, 0.3) is 11.3 Å². The number of fused-ring (bicyclic) bond motifs is 2. The lowest BCUT2D eigenvalue weighted by Crippen LogP contribution is -2.42. The Labute approximate surface area is 211 Å². The number of ether oxygens (including phenoxy) is 1. The summed E-state index contributed by atoms with van der Waals surface area (Å²) in [6, 6.07) is 22.8. The average Bonchev–Trinajstić information content (AvgIpc) is 3.38. The molecule has 3 heterocycles. The van der Waals surface area contributed by atoms with E-state index < -0.39 is 23.8 Å². The Bertz CT molecular complexity index is 1560. The minimum Gasteiger partial charge on any atom is -0.472 e. The summed E-state index contributed by atoms with van der Waals surface area (Å²) in [5.74, 6) is -1.44. The summed E-state index contributed by atoms with van der Waals surface area (Å²) in [6.07, 6.45) is -1.46. The molecular weight excluding hydrogens is 473 g/mol. The molecule has 0 bridgehead atoms. The first-order valence-corrected chi connectivity index (χ1v) is 11.9. The van der Waals surface area contributed by atoms with Crippen LogP contribution in [-0.4, -0.2) is 39.6 Å². The van der Waals surface area contributed by atoms with Crippen molar-refractivity contribution in [2.45, 2.75) is 25.7 Å². The molecule has 0 radical (unpaired) electrons. The highest BCUT2D eigenvalue weighted by Gasteiger charge is 2.35. The largest absolute Gasteiger partial charge is 0.472 e. The predicted octanol–water partition coefficient (Wildman–Crippen LogP) is 4.02. The van der Waals surface area contributed by atoms with Crippen LogP contribution < -0.4 is 15.4 Å². The third-order valence-corrected chi connectivity index (χ3v) is 6.27. The monoisotopic (exact) mass is 495 g/mol. The molecule has 2 aliphatic rings. The summed E-state index contributed by atoms with van der Waals surface area (Å²) >= 11 is 0. The lowest BCUT2D eigenvalue weighted by Gasteiger charge is -2.14. The fourth-order valence-corrected chi connectivity index (χ4v) is 4.58. The summed E-state index contributed by atoms with van der Waals surface area (Å²) in [5.41, 5.74) is 3.03. The van der Waals surface area contributed by atoms with Gasteiger partial charge in [0.25, 0.3) is 11.8 Å². The summed E-state index contributed by atoms with van der Waals surface area (Å²) in [7, 11) is 0. The highest BCUT2D eigenvalue weighted by molar-refractivity contribution is 6.20. The molecule has 0 unspecified atom stereocenters. The van der Waals surface area contributed by atoms with Crippen LogP contribution in [-0.2, 0) is 11.3 Å². The number of carbonyl (C=O) groups excluding carboxylic acids is 2. The number of amides is 2. The summed E-state index contributed by atoms with van der Waals surface area (Å²) in [6.45, 7) is 2.27. The van der Waals surface area contributed by atoms with Gasteiger partial charge in [0.15, 0.2) is 0 Å². The van der Waals surface area contributed by atoms with Crippen molar-refractivity contribution in [1.82, 2.24) is 15.1 Å². The van der Waals surface area contributed by atoms with Gasteiger partial charge in [-0.1, -0.05) is 60.7 Å². The highest BCUT2D eigenvalue weighted by Crippen LogP contribution is 2.36. The lowest BCUT2D eigenvalue weighted by atomic mass is 10.0. The number of hydrogen-bond acceptors (Lipinski definition) is 5. The van der Waals surface area contributed by atoms with Crippen molar-refractivity contribution in [3.8, 4) is 17.1 Å². The van der Waals surface area contributed by atoms with E-state index in [0.717, 1.165) is 11.1 Å². The summed E-state index contributed by atoms with van der Waals surface area (Å²) in [4.78, 5) is 31.6. The summed E-state index contributed by atoms with van der Waals surface area (Å²) < 4.78 is 22.1. The quantitative estimate of drug-likeness (QED) is 0.447. The number of para-hydroxylation sites is 1. The van der Waals surface area contributed by atoms with E-state index in [2.05, 4.69) is 20.7 Å². The Hall–Kier alpha value is -4.79. The van der Waals surface area contributed by atoms with Gasteiger partial charge in [-0.2, -0.15) is 5.10 Å².